The highest BCUT2D eigenvalue weighted by molar-refractivity contribution is 7.20. The Hall–Kier alpha value is -7.01. The van der Waals surface area contributed by atoms with Crippen LogP contribution in [0.1, 0.15) is 10.4 Å². The number of carbonyl (C=O) groups is 1. The van der Waals surface area contributed by atoms with Gasteiger partial charge >= 0.3 is 0 Å². The smallest absolute Gasteiger partial charge is 0.227 e. The Morgan fingerprint density at radius 1 is 0.354 bits per heavy atom. The van der Waals surface area contributed by atoms with Crippen molar-refractivity contribution in [1.82, 2.24) is 0 Å². The number of hydrogen-bond donors (Lipinski definition) is 0. The summed E-state index contributed by atoms with van der Waals surface area (Å²) in [5.41, 5.74) is -13.8. The summed E-state index contributed by atoms with van der Waals surface area (Å²) in [6.45, 7) is 0.246. The fourth-order valence-electron chi connectivity index (χ4n) is 7.04. The summed E-state index contributed by atoms with van der Waals surface area (Å²) in [7, 11) is 0. The molecule has 0 bridgehead atoms. The van der Waals surface area contributed by atoms with Crippen LogP contribution in [0.25, 0.3) is 10.8 Å². The lowest BCUT2D eigenvalue weighted by atomic mass is 9.12. The van der Waals surface area contributed by atoms with Crippen molar-refractivity contribution in [3.05, 3.63) is 195 Å². The van der Waals surface area contributed by atoms with Gasteiger partial charge < -0.3 is 0 Å². The van der Waals surface area contributed by atoms with E-state index in [9.17, 15) is 61.9 Å². The van der Waals surface area contributed by atoms with Crippen molar-refractivity contribution in [2.75, 3.05) is 0 Å². The molecule has 0 N–H and O–H groups in total. The van der Waals surface area contributed by atoms with Gasteiger partial charge in [0.05, 0.1) is 0 Å². The number of hydrogen-bond acceptors (Lipinski definition) is 1. The van der Waals surface area contributed by atoms with Crippen LogP contribution in [-0.4, -0.2) is 11.9 Å². The Balaban J connectivity index is 0.000000289. The molecule has 65 heavy (non-hydrogen) atoms. The molecular weight excluding hydrogens is 932 g/mol. The Morgan fingerprint density at radius 3 is 0.938 bits per heavy atom. The lowest BCUT2D eigenvalue weighted by Crippen LogP contribution is -2.81. The van der Waals surface area contributed by atoms with Gasteiger partial charge in [0.15, 0.2) is 82.2 Å². The average molecular weight is 945 g/mol. The molecule has 0 spiro atoms. The highest BCUT2D eigenvalue weighted by atomic mass is 19.2. The third-order valence-electron chi connectivity index (χ3n) is 9.95. The first kappa shape index (κ1) is 47.5. The van der Waals surface area contributed by atoms with Crippen LogP contribution < -0.4 is 26.4 Å². The second-order valence-electron chi connectivity index (χ2n) is 13.5. The van der Waals surface area contributed by atoms with Crippen LogP contribution in [0.4, 0.5) is 92.2 Å². The molecule has 0 saturated carbocycles. The third-order valence-corrected chi connectivity index (χ3v) is 9.95. The minimum atomic E-state index is -7.22. The molecule has 0 saturated heterocycles. The van der Waals surface area contributed by atoms with Crippen molar-refractivity contribution >= 4 is 44.6 Å². The van der Waals surface area contributed by atoms with Gasteiger partial charge in [-0.25, -0.2) is 92.2 Å². The molecule has 1 aromatic heterocycles. The zero-order valence-electron chi connectivity index (χ0n) is 30.9. The number of halogens is 21. The van der Waals surface area contributed by atoms with Crippen molar-refractivity contribution < 1.29 is 102 Å². The number of pyridine rings is 1. The van der Waals surface area contributed by atoms with Crippen molar-refractivity contribution in [2.45, 2.75) is 6.54 Å². The second-order valence-corrected chi connectivity index (χ2v) is 13.5. The van der Waals surface area contributed by atoms with Crippen LogP contribution in [0.3, 0.4) is 0 Å². The highest BCUT2D eigenvalue weighted by Crippen LogP contribution is 2.31. The summed E-state index contributed by atoms with van der Waals surface area (Å²) in [6.07, 6.45) is -3.40. The van der Waals surface area contributed by atoms with E-state index in [-0.39, 0.29) is 18.1 Å². The van der Waals surface area contributed by atoms with E-state index in [0.717, 1.165) is 10.8 Å². The molecule has 1 heterocycles. The Labute approximate surface area is 347 Å². The molecule has 0 aliphatic heterocycles. The van der Waals surface area contributed by atoms with E-state index in [1.807, 2.05) is 47.3 Å². The standard InChI is InChI=1S/C24BF20.C17H13FNO/c26-5-1(6(27)14(35)21(42)13(5)34)25(2-7(28)15(36)22(43)16(37)8(2)29,3-9(30)17(38)23(44)18(39)10(3)31)4-11(32)19(40)24(45)20(41)12(4)33;18-16-7-5-14(6-8-16)17(20)12-19-10-9-13-3-1-2-4-15(13)11-19/h;1-11H,12H2/q-1;+1. The lowest BCUT2D eigenvalue weighted by molar-refractivity contribution is -0.681. The fourth-order valence-corrected chi connectivity index (χ4v) is 7.04. The number of carbonyl (C=O) groups excluding carboxylic acids is 1. The molecule has 24 heteroatoms. The molecule has 0 amide bonds. The van der Waals surface area contributed by atoms with Crippen molar-refractivity contribution in [1.29, 1.82) is 0 Å². The van der Waals surface area contributed by atoms with Gasteiger partial charge in [-0.3, -0.25) is 4.79 Å². The summed E-state index contributed by atoms with van der Waals surface area (Å²) < 4.78 is 309. The molecule has 2 nitrogen and oxygen atoms in total. The zero-order valence-corrected chi connectivity index (χ0v) is 30.9. The quantitative estimate of drug-likeness (QED) is 0.0391. The van der Waals surface area contributed by atoms with E-state index in [4.69, 9.17) is 0 Å². The molecule has 338 valence electrons. The Kier molecular flexibility index (Phi) is 12.8. The largest absolute Gasteiger partial charge is 0.287 e. The molecule has 0 unspecified atom stereocenters. The number of ketones is 1. The van der Waals surface area contributed by atoms with Crippen molar-refractivity contribution in [3.8, 4) is 0 Å². The SMILES string of the molecule is Fc1c(F)c(F)c([B-](c2c(F)c(F)c(F)c(F)c2F)(c2c(F)c(F)c(F)c(F)c2F)c2c(F)c(F)c(F)c(F)c2F)c(F)c1F.O=C(C[n+]1ccc2ccccc2c1)c1ccc(F)cc1. The van der Waals surface area contributed by atoms with E-state index in [0.29, 0.717) is 5.56 Å². The maximum absolute atomic E-state index is 15.4. The van der Waals surface area contributed by atoms with Gasteiger partial charge in [0.2, 0.25) is 12.3 Å². The highest BCUT2D eigenvalue weighted by Gasteiger charge is 2.52. The number of nitrogens with zero attached hydrogens (tertiary/aromatic N) is 1. The van der Waals surface area contributed by atoms with Crippen LogP contribution in [0.15, 0.2) is 67.0 Å². The first-order valence-corrected chi connectivity index (χ1v) is 17.3. The molecule has 7 aromatic rings. The maximum Gasteiger partial charge on any atom is 0.227 e. The summed E-state index contributed by atoms with van der Waals surface area (Å²) in [5.74, 6) is -71.8. The van der Waals surface area contributed by atoms with Gasteiger partial charge in [-0.15, -0.1) is 21.9 Å². The van der Waals surface area contributed by atoms with E-state index >= 15 is 35.1 Å². The molecular formula is C41H13BF21NO. The average Bonchev–Trinajstić information content (AvgIpc) is 3.29. The van der Waals surface area contributed by atoms with Crippen LogP contribution in [0.5, 0.6) is 0 Å². The summed E-state index contributed by atoms with van der Waals surface area (Å²) >= 11 is 0. The number of Topliss-reactive ketones (excluding diaryl/α,β-unsaturated/α-hetero) is 1. The monoisotopic (exact) mass is 945 g/mol. The number of fused-ring (bicyclic) bond motifs is 1. The van der Waals surface area contributed by atoms with Gasteiger partial charge in [0.25, 0.3) is 0 Å². The minimum Gasteiger partial charge on any atom is -0.287 e. The fraction of sp³-hybridized carbons (Fsp3) is 0.0244. The van der Waals surface area contributed by atoms with Gasteiger partial charge in [-0.1, -0.05) is 18.2 Å². The van der Waals surface area contributed by atoms with Crippen molar-refractivity contribution in [2.24, 2.45) is 0 Å². The first-order valence-electron chi connectivity index (χ1n) is 17.3. The number of aromatic nitrogens is 1. The molecule has 0 fully saturated rings. The molecule has 0 radical (unpaired) electrons. The molecule has 0 aliphatic rings. The molecule has 0 atom stereocenters. The van der Waals surface area contributed by atoms with Crippen LogP contribution in [0.2, 0.25) is 0 Å². The third kappa shape index (κ3) is 7.56. The maximum atomic E-state index is 15.4. The Morgan fingerprint density at radius 2 is 0.631 bits per heavy atom. The topological polar surface area (TPSA) is 20.9 Å². The number of rotatable bonds is 7. The van der Waals surface area contributed by atoms with E-state index in [1.165, 1.54) is 24.3 Å². The van der Waals surface area contributed by atoms with Crippen LogP contribution in [0, 0.1) is 122 Å². The molecule has 6 aromatic carbocycles. The second kappa shape index (κ2) is 17.5. The predicted octanol–water partition coefficient (Wildman–Crippen LogP) is 9.00. The van der Waals surface area contributed by atoms with Gasteiger partial charge in [-0.05, 0) is 35.7 Å². The molecule has 7 rings (SSSR count). The van der Waals surface area contributed by atoms with Gasteiger partial charge in [0, 0.05) is 17.0 Å². The Bertz CT molecular complexity index is 2720. The van der Waals surface area contributed by atoms with Crippen molar-refractivity contribution in [3.63, 3.8) is 0 Å². The number of benzene rings is 6. The minimum absolute atomic E-state index is 0.0368. The predicted molar refractivity (Wildman–Crippen MR) is 184 cm³/mol. The van der Waals surface area contributed by atoms with Gasteiger partial charge in [0.1, 0.15) is 58.5 Å². The van der Waals surface area contributed by atoms with Gasteiger partial charge in [-0.2, -0.15) is 4.57 Å². The molecule has 0 aliphatic carbocycles. The van der Waals surface area contributed by atoms with Crippen LogP contribution in [-0.2, 0) is 6.54 Å². The normalized spacial score (nSPS) is 11.6. The first-order chi connectivity index (χ1) is 30.4. The lowest BCUT2D eigenvalue weighted by Gasteiger charge is -2.44. The van der Waals surface area contributed by atoms with E-state index in [1.54, 1.807) is 0 Å². The summed E-state index contributed by atoms with van der Waals surface area (Å²) in [6, 6.07) is 15.6. The van der Waals surface area contributed by atoms with E-state index in [2.05, 4.69) is 0 Å². The summed E-state index contributed by atoms with van der Waals surface area (Å²) in [4.78, 5) is 12.1. The van der Waals surface area contributed by atoms with E-state index < -0.39 is 144 Å². The van der Waals surface area contributed by atoms with Crippen LogP contribution >= 0.6 is 0 Å². The zero-order chi connectivity index (χ0) is 48.3. The summed E-state index contributed by atoms with van der Waals surface area (Å²) in [5, 5.41) is 2.22.